The number of hydrogen-bond donors (Lipinski definition) is 0. The van der Waals surface area contributed by atoms with E-state index in [9.17, 15) is 0 Å². The van der Waals surface area contributed by atoms with E-state index >= 15 is 0 Å². The molecule has 3 heterocycles. The topological polar surface area (TPSA) is 49.6 Å². The van der Waals surface area contributed by atoms with E-state index in [1.807, 2.05) is 17.4 Å². The number of nitriles is 1. The third kappa shape index (κ3) is 2.35. The molecule has 1 spiro atoms. The molecule has 106 valence electrons. The lowest BCUT2D eigenvalue weighted by molar-refractivity contribution is 0.0860. The molecule has 3 nitrogen and oxygen atoms in total. The van der Waals surface area contributed by atoms with Gasteiger partial charge in [0.2, 0.25) is 0 Å². The summed E-state index contributed by atoms with van der Waals surface area (Å²) in [5.74, 6) is 3.10. The first-order chi connectivity index (χ1) is 10.2. The quantitative estimate of drug-likeness (QED) is 0.725. The van der Waals surface area contributed by atoms with Gasteiger partial charge >= 0.3 is 0 Å². The van der Waals surface area contributed by atoms with Crippen molar-refractivity contribution in [3.8, 4) is 5.97 Å². The van der Waals surface area contributed by atoms with Crippen molar-refractivity contribution in [2.24, 2.45) is 5.41 Å². The van der Waals surface area contributed by atoms with E-state index in [1.165, 1.54) is 30.6 Å². The molecule has 1 aliphatic heterocycles. The van der Waals surface area contributed by atoms with Gasteiger partial charge in [-0.1, -0.05) is 37.1 Å². The molecular formula is C15H15BClN3S. The van der Waals surface area contributed by atoms with Gasteiger partial charge in [-0.15, -0.1) is 21.5 Å². The minimum Gasteiger partial charge on any atom is -0.213 e. The number of hydrogen-bond acceptors (Lipinski definition) is 4. The fourth-order valence-corrected chi connectivity index (χ4v) is 5.33. The Hall–Kier alpha value is -1.12. The summed E-state index contributed by atoms with van der Waals surface area (Å²) in [6.45, 7) is 0.302. The van der Waals surface area contributed by atoms with Gasteiger partial charge in [-0.3, -0.25) is 0 Å². The van der Waals surface area contributed by atoms with Crippen LogP contribution in [0.2, 0.25) is 17.8 Å². The third-order valence-corrected chi connectivity index (χ3v) is 6.67. The first-order valence-corrected chi connectivity index (χ1v) is 8.69. The number of thiophene rings is 1. The van der Waals surface area contributed by atoms with E-state index in [1.54, 1.807) is 0 Å². The molecule has 2 aromatic heterocycles. The second-order valence-electron chi connectivity index (χ2n) is 6.57. The van der Waals surface area contributed by atoms with Crippen molar-refractivity contribution >= 4 is 39.9 Å². The molecular weight excluding hydrogens is 301 g/mol. The Morgan fingerprint density at radius 3 is 2.76 bits per heavy atom. The van der Waals surface area contributed by atoms with Gasteiger partial charge in [0.25, 0.3) is 6.71 Å². The Labute approximate surface area is 133 Å². The van der Waals surface area contributed by atoms with Crippen LogP contribution in [-0.4, -0.2) is 16.9 Å². The third-order valence-electron chi connectivity index (χ3n) is 5.25. The van der Waals surface area contributed by atoms with E-state index in [2.05, 4.69) is 22.2 Å². The SMILES string of the molecule is N#CB1CCC2(CC1)CC(c1cc3nnc(Cl)cc3s1)C2. The summed E-state index contributed by atoms with van der Waals surface area (Å²) in [6.07, 6.45) is 7.21. The summed E-state index contributed by atoms with van der Waals surface area (Å²) in [5.41, 5.74) is 1.49. The maximum absolute atomic E-state index is 9.01. The largest absolute Gasteiger partial charge is 0.267 e. The highest BCUT2D eigenvalue weighted by molar-refractivity contribution is 7.19. The monoisotopic (exact) mass is 315 g/mol. The molecule has 0 radical (unpaired) electrons. The predicted octanol–water partition coefficient (Wildman–Crippen LogP) is 4.56. The zero-order valence-corrected chi connectivity index (χ0v) is 13.3. The average molecular weight is 316 g/mol. The van der Waals surface area contributed by atoms with Crippen LogP contribution in [0.3, 0.4) is 0 Å². The molecule has 0 aromatic carbocycles. The zero-order valence-electron chi connectivity index (χ0n) is 11.7. The molecule has 0 unspecified atom stereocenters. The highest BCUT2D eigenvalue weighted by Gasteiger charge is 2.47. The van der Waals surface area contributed by atoms with E-state index in [-0.39, 0.29) is 0 Å². The van der Waals surface area contributed by atoms with Crippen LogP contribution >= 0.6 is 22.9 Å². The molecule has 21 heavy (non-hydrogen) atoms. The minimum atomic E-state index is 0.302. The Morgan fingerprint density at radius 1 is 1.29 bits per heavy atom. The van der Waals surface area contributed by atoms with Crippen LogP contribution in [0.4, 0.5) is 0 Å². The van der Waals surface area contributed by atoms with Gasteiger partial charge in [0.1, 0.15) is 5.52 Å². The molecule has 2 aliphatic rings. The lowest BCUT2D eigenvalue weighted by atomic mass is 9.37. The summed E-state index contributed by atoms with van der Waals surface area (Å²) >= 11 is 7.71. The number of aromatic nitrogens is 2. The van der Waals surface area contributed by atoms with Gasteiger partial charge in [0.05, 0.1) is 4.70 Å². The summed E-state index contributed by atoms with van der Waals surface area (Å²) in [5, 5.41) is 17.6. The molecule has 1 saturated heterocycles. The van der Waals surface area contributed by atoms with Gasteiger partial charge < -0.3 is 0 Å². The van der Waals surface area contributed by atoms with Gasteiger partial charge in [-0.25, -0.2) is 5.26 Å². The smallest absolute Gasteiger partial charge is 0.213 e. The van der Waals surface area contributed by atoms with Crippen molar-refractivity contribution < 1.29 is 0 Å². The molecule has 0 atom stereocenters. The van der Waals surface area contributed by atoms with Crippen LogP contribution in [0, 0.1) is 16.6 Å². The fraction of sp³-hybridized carbons (Fsp3) is 0.533. The summed E-state index contributed by atoms with van der Waals surface area (Å²) < 4.78 is 1.14. The number of rotatable bonds is 1. The number of fused-ring (bicyclic) bond motifs is 1. The van der Waals surface area contributed by atoms with Crippen LogP contribution in [0.15, 0.2) is 12.1 Å². The van der Waals surface area contributed by atoms with Gasteiger partial charge in [0.15, 0.2) is 5.15 Å². The lowest BCUT2D eigenvalue weighted by Crippen LogP contribution is -2.40. The predicted molar refractivity (Wildman–Crippen MR) is 87.0 cm³/mol. The number of nitrogens with zero attached hydrogens (tertiary/aromatic N) is 3. The average Bonchev–Trinajstić information content (AvgIpc) is 2.87. The van der Waals surface area contributed by atoms with Crippen molar-refractivity contribution in [1.29, 1.82) is 5.26 Å². The van der Waals surface area contributed by atoms with Crippen molar-refractivity contribution in [2.75, 3.05) is 0 Å². The summed E-state index contributed by atoms with van der Waals surface area (Å²) in [7, 11) is 0. The van der Waals surface area contributed by atoms with Crippen LogP contribution < -0.4 is 0 Å². The molecule has 0 N–H and O–H groups in total. The maximum atomic E-state index is 9.01. The van der Waals surface area contributed by atoms with Crippen molar-refractivity contribution in [1.82, 2.24) is 10.2 Å². The first kappa shape index (κ1) is 13.5. The first-order valence-electron chi connectivity index (χ1n) is 7.50. The lowest BCUT2D eigenvalue weighted by Gasteiger charge is -2.50. The number of halogens is 1. The molecule has 1 aliphatic carbocycles. The molecule has 0 amide bonds. The van der Waals surface area contributed by atoms with Gasteiger partial charge in [-0.2, -0.15) is 0 Å². The highest BCUT2D eigenvalue weighted by Crippen LogP contribution is 2.59. The molecule has 2 fully saturated rings. The Balaban J connectivity index is 1.48. The van der Waals surface area contributed by atoms with E-state index in [0.29, 0.717) is 23.2 Å². The van der Waals surface area contributed by atoms with Gasteiger partial charge in [-0.05, 0) is 36.3 Å². The Bertz CT molecular complexity index is 722. The Kier molecular flexibility index (Phi) is 3.20. The van der Waals surface area contributed by atoms with E-state index < -0.39 is 0 Å². The van der Waals surface area contributed by atoms with E-state index in [4.69, 9.17) is 16.9 Å². The van der Waals surface area contributed by atoms with Crippen LogP contribution in [-0.2, 0) is 0 Å². The highest BCUT2D eigenvalue weighted by atomic mass is 35.5. The van der Waals surface area contributed by atoms with Crippen LogP contribution in [0.25, 0.3) is 10.2 Å². The van der Waals surface area contributed by atoms with Crippen molar-refractivity contribution in [3.05, 3.63) is 22.2 Å². The molecule has 1 saturated carbocycles. The maximum Gasteiger partial charge on any atom is 0.267 e. The molecule has 4 rings (SSSR count). The van der Waals surface area contributed by atoms with Gasteiger partial charge in [0, 0.05) is 10.8 Å². The minimum absolute atomic E-state index is 0.302. The van der Waals surface area contributed by atoms with Crippen molar-refractivity contribution in [3.63, 3.8) is 0 Å². The summed E-state index contributed by atoms with van der Waals surface area (Å²) in [6, 6.07) is 4.09. The molecule has 2 aromatic rings. The standard InChI is InChI=1S/C15H15BClN3S/c17-14-6-13-11(19-20-14)5-12(21-13)10-7-15(8-10)1-3-16(9-18)4-2-15/h5-6,10H,1-4,7-8H2. The zero-order chi connectivity index (χ0) is 14.4. The fourth-order valence-electron chi connectivity index (χ4n) is 3.99. The second kappa shape index (κ2) is 4.96. The van der Waals surface area contributed by atoms with Crippen LogP contribution in [0.5, 0.6) is 0 Å². The molecule has 0 bridgehead atoms. The van der Waals surface area contributed by atoms with E-state index in [0.717, 1.165) is 22.9 Å². The summed E-state index contributed by atoms with van der Waals surface area (Å²) in [4.78, 5) is 1.43. The second-order valence-corrected chi connectivity index (χ2v) is 8.08. The Morgan fingerprint density at radius 2 is 2.05 bits per heavy atom. The molecule has 6 heteroatoms. The normalized spacial score (nSPS) is 21.4. The van der Waals surface area contributed by atoms with Crippen LogP contribution in [0.1, 0.15) is 36.5 Å². The van der Waals surface area contributed by atoms with Crippen molar-refractivity contribution in [2.45, 2.75) is 44.2 Å².